The van der Waals surface area contributed by atoms with Crippen molar-refractivity contribution in [1.29, 1.82) is 0 Å². The third-order valence-electron chi connectivity index (χ3n) is 2.76. The van der Waals surface area contributed by atoms with E-state index in [1.54, 1.807) is 13.1 Å². The first-order valence-corrected chi connectivity index (χ1v) is 5.51. The van der Waals surface area contributed by atoms with E-state index in [-0.39, 0.29) is 5.92 Å². The fourth-order valence-corrected chi connectivity index (χ4v) is 1.86. The Kier molecular flexibility index (Phi) is 4.47. The molecule has 0 saturated carbocycles. The summed E-state index contributed by atoms with van der Waals surface area (Å²) in [5.41, 5.74) is 1.07. The molecule has 0 aromatic carbocycles. The number of carbonyl (C=O) groups is 1. The van der Waals surface area contributed by atoms with Crippen LogP contribution in [0.5, 0.6) is 0 Å². The SMILES string of the molecule is CC(=O)C(CCc1ccccn1)C(C)C. The van der Waals surface area contributed by atoms with E-state index in [0.717, 1.165) is 18.5 Å². The smallest absolute Gasteiger partial charge is 0.133 e. The van der Waals surface area contributed by atoms with Crippen LogP contribution in [0, 0.1) is 11.8 Å². The van der Waals surface area contributed by atoms with Gasteiger partial charge in [0.1, 0.15) is 5.78 Å². The summed E-state index contributed by atoms with van der Waals surface area (Å²) in [5.74, 6) is 0.888. The van der Waals surface area contributed by atoms with E-state index in [1.165, 1.54) is 0 Å². The number of rotatable bonds is 5. The molecule has 2 heteroatoms. The van der Waals surface area contributed by atoms with Gasteiger partial charge in [0, 0.05) is 17.8 Å². The van der Waals surface area contributed by atoms with Crippen LogP contribution >= 0.6 is 0 Å². The highest BCUT2D eigenvalue weighted by Gasteiger charge is 2.17. The summed E-state index contributed by atoms with van der Waals surface area (Å²) in [7, 11) is 0. The third-order valence-corrected chi connectivity index (χ3v) is 2.76. The molecule has 1 aromatic rings. The second-order valence-electron chi connectivity index (χ2n) is 4.32. The molecule has 0 radical (unpaired) electrons. The molecule has 0 fully saturated rings. The number of pyridine rings is 1. The molecule has 0 saturated heterocycles. The minimum absolute atomic E-state index is 0.173. The number of ketones is 1. The minimum atomic E-state index is 0.173. The van der Waals surface area contributed by atoms with Gasteiger partial charge in [0.15, 0.2) is 0 Å². The molecule has 15 heavy (non-hydrogen) atoms. The van der Waals surface area contributed by atoms with Crippen LogP contribution in [0.15, 0.2) is 24.4 Å². The highest BCUT2D eigenvalue weighted by atomic mass is 16.1. The Labute approximate surface area is 91.7 Å². The lowest BCUT2D eigenvalue weighted by Gasteiger charge is -2.17. The van der Waals surface area contributed by atoms with Crippen molar-refractivity contribution in [2.24, 2.45) is 11.8 Å². The van der Waals surface area contributed by atoms with Crippen molar-refractivity contribution >= 4 is 5.78 Å². The maximum atomic E-state index is 11.4. The van der Waals surface area contributed by atoms with E-state index in [0.29, 0.717) is 11.7 Å². The molecule has 0 aliphatic rings. The van der Waals surface area contributed by atoms with Gasteiger partial charge in [-0.05, 0) is 37.8 Å². The predicted octanol–water partition coefficient (Wildman–Crippen LogP) is 2.88. The Bertz CT molecular complexity index is 306. The van der Waals surface area contributed by atoms with Crippen molar-refractivity contribution in [2.45, 2.75) is 33.6 Å². The van der Waals surface area contributed by atoms with Gasteiger partial charge in [-0.25, -0.2) is 0 Å². The van der Waals surface area contributed by atoms with Gasteiger partial charge in [0.25, 0.3) is 0 Å². The summed E-state index contributed by atoms with van der Waals surface area (Å²) < 4.78 is 0. The van der Waals surface area contributed by atoms with E-state index in [1.807, 2.05) is 18.2 Å². The summed E-state index contributed by atoms with van der Waals surface area (Å²) in [6.07, 6.45) is 3.60. The molecule has 1 unspecified atom stereocenters. The lowest BCUT2D eigenvalue weighted by molar-refractivity contribution is -0.122. The second kappa shape index (κ2) is 5.64. The van der Waals surface area contributed by atoms with E-state index < -0.39 is 0 Å². The van der Waals surface area contributed by atoms with Crippen LogP contribution < -0.4 is 0 Å². The molecule has 0 spiro atoms. The Hall–Kier alpha value is -1.18. The number of hydrogen-bond acceptors (Lipinski definition) is 2. The Balaban J connectivity index is 2.51. The van der Waals surface area contributed by atoms with Crippen LogP contribution in [0.4, 0.5) is 0 Å². The Morgan fingerprint density at radius 2 is 2.13 bits per heavy atom. The summed E-state index contributed by atoms with van der Waals surface area (Å²) in [5, 5.41) is 0. The average Bonchev–Trinajstić information content (AvgIpc) is 2.18. The molecule has 0 aliphatic carbocycles. The normalized spacial score (nSPS) is 12.8. The van der Waals surface area contributed by atoms with Crippen molar-refractivity contribution in [3.63, 3.8) is 0 Å². The fraction of sp³-hybridized carbons (Fsp3) is 0.538. The van der Waals surface area contributed by atoms with Crippen molar-refractivity contribution in [3.8, 4) is 0 Å². The number of carbonyl (C=O) groups excluding carboxylic acids is 1. The molecule has 1 heterocycles. The molecule has 0 aliphatic heterocycles. The molecule has 1 rings (SSSR count). The van der Waals surface area contributed by atoms with Gasteiger partial charge >= 0.3 is 0 Å². The van der Waals surface area contributed by atoms with Gasteiger partial charge in [-0.3, -0.25) is 9.78 Å². The standard InChI is InChI=1S/C13H19NO/c1-10(2)13(11(3)15)8-7-12-6-4-5-9-14-12/h4-6,9-10,13H,7-8H2,1-3H3. The molecule has 1 atom stereocenters. The van der Waals surface area contributed by atoms with Gasteiger partial charge in [-0.1, -0.05) is 19.9 Å². The Morgan fingerprint density at radius 1 is 1.40 bits per heavy atom. The zero-order valence-electron chi connectivity index (χ0n) is 9.73. The lowest BCUT2D eigenvalue weighted by atomic mass is 9.87. The van der Waals surface area contributed by atoms with Crippen LogP contribution in [0.25, 0.3) is 0 Å². The summed E-state index contributed by atoms with van der Waals surface area (Å²) in [6.45, 7) is 5.89. The summed E-state index contributed by atoms with van der Waals surface area (Å²) in [6, 6.07) is 5.91. The van der Waals surface area contributed by atoms with Crippen molar-refractivity contribution < 1.29 is 4.79 Å². The predicted molar refractivity (Wildman–Crippen MR) is 61.6 cm³/mol. The number of Topliss-reactive ketones (excluding diaryl/α,β-unsaturated/α-hetero) is 1. The largest absolute Gasteiger partial charge is 0.300 e. The number of aryl methyl sites for hydroxylation is 1. The van der Waals surface area contributed by atoms with Gasteiger partial charge in [0.2, 0.25) is 0 Å². The topological polar surface area (TPSA) is 30.0 Å². The van der Waals surface area contributed by atoms with Crippen LogP contribution in [0.3, 0.4) is 0 Å². The second-order valence-corrected chi connectivity index (χ2v) is 4.32. The first-order valence-electron chi connectivity index (χ1n) is 5.51. The first-order chi connectivity index (χ1) is 7.11. The van der Waals surface area contributed by atoms with Crippen molar-refractivity contribution in [3.05, 3.63) is 30.1 Å². The molecular formula is C13H19NO. The van der Waals surface area contributed by atoms with Gasteiger partial charge in [-0.2, -0.15) is 0 Å². The van der Waals surface area contributed by atoms with E-state index >= 15 is 0 Å². The molecule has 2 nitrogen and oxygen atoms in total. The lowest BCUT2D eigenvalue weighted by Crippen LogP contribution is -2.18. The van der Waals surface area contributed by atoms with E-state index in [4.69, 9.17) is 0 Å². The van der Waals surface area contributed by atoms with Crippen LogP contribution in [0.2, 0.25) is 0 Å². The number of aromatic nitrogens is 1. The molecule has 82 valence electrons. The molecule has 0 N–H and O–H groups in total. The van der Waals surface area contributed by atoms with Crippen LogP contribution in [-0.4, -0.2) is 10.8 Å². The van der Waals surface area contributed by atoms with Gasteiger partial charge < -0.3 is 0 Å². The number of hydrogen-bond donors (Lipinski definition) is 0. The fourth-order valence-electron chi connectivity index (χ4n) is 1.86. The van der Waals surface area contributed by atoms with E-state index in [2.05, 4.69) is 18.8 Å². The van der Waals surface area contributed by atoms with Crippen LogP contribution in [-0.2, 0) is 11.2 Å². The molecule has 0 bridgehead atoms. The van der Waals surface area contributed by atoms with Crippen molar-refractivity contribution in [2.75, 3.05) is 0 Å². The van der Waals surface area contributed by atoms with Crippen molar-refractivity contribution in [1.82, 2.24) is 4.98 Å². The zero-order valence-corrected chi connectivity index (χ0v) is 9.73. The highest BCUT2D eigenvalue weighted by Crippen LogP contribution is 2.18. The third kappa shape index (κ3) is 3.82. The van der Waals surface area contributed by atoms with Gasteiger partial charge in [-0.15, -0.1) is 0 Å². The number of nitrogens with zero attached hydrogens (tertiary/aromatic N) is 1. The Morgan fingerprint density at radius 3 is 2.60 bits per heavy atom. The van der Waals surface area contributed by atoms with E-state index in [9.17, 15) is 4.79 Å². The van der Waals surface area contributed by atoms with Crippen LogP contribution in [0.1, 0.15) is 32.9 Å². The zero-order chi connectivity index (χ0) is 11.3. The summed E-state index contributed by atoms with van der Waals surface area (Å²) in [4.78, 5) is 15.6. The maximum Gasteiger partial charge on any atom is 0.133 e. The maximum absolute atomic E-state index is 11.4. The quantitative estimate of drug-likeness (QED) is 0.739. The average molecular weight is 205 g/mol. The van der Waals surface area contributed by atoms with Gasteiger partial charge in [0.05, 0.1) is 0 Å². The molecule has 0 amide bonds. The monoisotopic (exact) mass is 205 g/mol. The molecular weight excluding hydrogens is 186 g/mol. The summed E-state index contributed by atoms with van der Waals surface area (Å²) >= 11 is 0. The highest BCUT2D eigenvalue weighted by molar-refractivity contribution is 5.78. The molecule has 1 aromatic heterocycles. The minimum Gasteiger partial charge on any atom is -0.300 e. The first kappa shape index (κ1) is 11.9.